The molecule has 0 bridgehead atoms. The number of nitrogens with one attached hydrogen (secondary N) is 1. The second-order valence-electron chi connectivity index (χ2n) is 3.25. The first-order valence-electron chi connectivity index (χ1n) is 5.11. The molecule has 0 atom stereocenters. The third-order valence-corrected chi connectivity index (χ3v) is 4.05. The highest BCUT2D eigenvalue weighted by Crippen LogP contribution is 2.21. The normalized spacial score (nSPS) is 11.6. The van der Waals surface area contributed by atoms with Crippen molar-refractivity contribution in [3.8, 4) is 0 Å². The van der Waals surface area contributed by atoms with Crippen LogP contribution < -0.4 is 5.32 Å². The topological polar surface area (TPSA) is 80.4 Å². The largest absolute Gasteiger partial charge is 0.368 e. The Labute approximate surface area is 118 Å². The number of nitro groups is 1. The van der Waals surface area contributed by atoms with Crippen LogP contribution in [0.1, 0.15) is 5.69 Å². The minimum absolute atomic E-state index is 0.265. The van der Waals surface area contributed by atoms with Crippen molar-refractivity contribution in [2.24, 2.45) is 4.99 Å². The van der Waals surface area contributed by atoms with E-state index in [9.17, 15) is 10.1 Å². The maximum Gasteiger partial charge on any atom is 0.259 e. The molecule has 0 aliphatic carbocycles. The van der Waals surface area contributed by atoms with Crippen LogP contribution >= 0.6 is 34.9 Å². The van der Waals surface area contributed by atoms with E-state index >= 15 is 0 Å². The zero-order valence-corrected chi connectivity index (χ0v) is 12.1. The molecule has 0 radical (unpaired) electrons. The molecule has 0 saturated carbocycles. The minimum Gasteiger partial charge on any atom is -0.368 e. The number of halogens is 1. The van der Waals surface area contributed by atoms with Crippen LogP contribution in [-0.4, -0.2) is 41.0 Å². The van der Waals surface area contributed by atoms with Crippen LogP contribution in [0, 0.1) is 10.1 Å². The van der Waals surface area contributed by atoms with E-state index in [2.05, 4.69) is 14.7 Å². The Balaban J connectivity index is 2.15. The number of aliphatic imine (C=N–C) groups is 1. The van der Waals surface area contributed by atoms with Gasteiger partial charge in [-0.2, -0.15) is 16.1 Å². The van der Waals surface area contributed by atoms with Crippen LogP contribution in [-0.2, 0) is 5.75 Å². The van der Waals surface area contributed by atoms with E-state index in [-0.39, 0.29) is 6.54 Å². The van der Waals surface area contributed by atoms with Crippen molar-refractivity contribution < 1.29 is 4.92 Å². The monoisotopic (exact) mass is 308 g/mol. The third-order valence-electron chi connectivity index (χ3n) is 1.96. The maximum atomic E-state index is 10.3. The Morgan fingerprint density at radius 2 is 2.56 bits per heavy atom. The summed E-state index contributed by atoms with van der Waals surface area (Å²) in [5, 5.41) is 15.7. The van der Waals surface area contributed by atoms with Crippen molar-refractivity contribution in [2.45, 2.75) is 5.75 Å². The lowest BCUT2D eigenvalue weighted by atomic mass is 10.5. The van der Waals surface area contributed by atoms with Gasteiger partial charge in [-0.15, -0.1) is 0 Å². The quantitative estimate of drug-likeness (QED) is 0.274. The lowest BCUT2D eigenvalue weighted by molar-refractivity contribution is -0.463. The molecule has 0 saturated heterocycles. The number of rotatable bonds is 7. The van der Waals surface area contributed by atoms with Gasteiger partial charge in [0.1, 0.15) is 0 Å². The highest BCUT2D eigenvalue weighted by atomic mass is 35.5. The summed E-state index contributed by atoms with van der Waals surface area (Å²) in [6.07, 6.45) is 0. The van der Waals surface area contributed by atoms with E-state index in [0.29, 0.717) is 17.4 Å². The molecule has 1 N–H and O–H groups in total. The van der Waals surface area contributed by atoms with E-state index in [1.807, 2.05) is 0 Å². The summed E-state index contributed by atoms with van der Waals surface area (Å²) in [6, 6.07) is 0. The summed E-state index contributed by atoms with van der Waals surface area (Å²) in [7, 11) is 1.54. The van der Waals surface area contributed by atoms with Crippen LogP contribution in [0.2, 0.25) is 5.02 Å². The van der Waals surface area contributed by atoms with Gasteiger partial charge < -0.3 is 5.32 Å². The first-order chi connectivity index (χ1) is 8.63. The smallest absolute Gasteiger partial charge is 0.259 e. The lowest BCUT2D eigenvalue weighted by Gasteiger charge is -2.05. The first kappa shape index (κ1) is 15.2. The Morgan fingerprint density at radius 1 is 1.78 bits per heavy atom. The van der Waals surface area contributed by atoms with Gasteiger partial charge in [-0.1, -0.05) is 11.6 Å². The molecule has 0 spiro atoms. The molecular formula is C9H13ClN4O2S2. The zero-order chi connectivity index (χ0) is 13.4. The molecule has 0 aliphatic rings. The molecule has 0 aromatic carbocycles. The molecule has 1 heterocycles. The summed E-state index contributed by atoms with van der Waals surface area (Å²) in [4.78, 5) is 13.7. The Morgan fingerprint density at radius 3 is 3.11 bits per heavy atom. The van der Waals surface area contributed by atoms with Crippen molar-refractivity contribution in [3.05, 3.63) is 26.2 Å². The standard InChI is InChI=1S/C9H13ClN4O2S2/c1-11-9(4-14(15)16)12-2-3-17-6-8-7(10)5-18-13-8/h5H,2-4,6H2,1H3,(H,11,12). The Kier molecular flexibility index (Phi) is 6.99. The third kappa shape index (κ3) is 5.65. The highest BCUT2D eigenvalue weighted by molar-refractivity contribution is 7.98. The summed E-state index contributed by atoms with van der Waals surface area (Å²) in [5.41, 5.74) is 0.890. The van der Waals surface area contributed by atoms with Crippen molar-refractivity contribution in [2.75, 3.05) is 25.9 Å². The van der Waals surface area contributed by atoms with Gasteiger partial charge in [0.15, 0.2) is 5.84 Å². The molecule has 0 fully saturated rings. The predicted molar refractivity (Wildman–Crippen MR) is 76.5 cm³/mol. The van der Waals surface area contributed by atoms with Crippen molar-refractivity contribution in [1.29, 1.82) is 0 Å². The van der Waals surface area contributed by atoms with Gasteiger partial charge in [0.05, 0.1) is 10.7 Å². The maximum absolute atomic E-state index is 10.3. The predicted octanol–water partition coefficient (Wildman–Crippen LogP) is 1.92. The van der Waals surface area contributed by atoms with Gasteiger partial charge in [0.2, 0.25) is 0 Å². The van der Waals surface area contributed by atoms with Crippen LogP contribution in [0.3, 0.4) is 0 Å². The van der Waals surface area contributed by atoms with E-state index in [1.54, 1.807) is 17.1 Å². The number of nitrogens with zero attached hydrogens (tertiary/aromatic N) is 3. The summed E-state index contributed by atoms with van der Waals surface area (Å²) in [6.45, 7) is 0.367. The van der Waals surface area contributed by atoms with Crippen LogP contribution in [0.25, 0.3) is 0 Å². The van der Waals surface area contributed by atoms with Crippen LogP contribution in [0.15, 0.2) is 10.4 Å². The number of hydrogen-bond donors (Lipinski definition) is 1. The van der Waals surface area contributed by atoms with Crippen molar-refractivity contribution >= 4 is 40.7 Å². The van der Waals surface area contributed by atoms with Gasteiger partial charge in [-0.3, -0.25) is 15.1 Å². The average molecular weight is 309 g/mol. The molecule has 1 aromatic rings. The second kappa shape index (κ2) is 8.28. The Bertz CT molecular complexity index is 424. The van der Waals surface area contributed by atoms with Gasteiger partial charge in [0.25, 0.3) is 6.54 Å². The van der Waals surface area contributed by atoms with E-state index < -0.39 is 4.92 Å². The van der Waals surface area contributed by atoms with Crippen LogP contribution in [0.4, 0.5) is 0 Å². The molecule has 1 aromatic heterocycles. The van der Waals surface area contributed by atoms with Crippen molar-refractivity contribution in [1.82, 2.24) is 9.69 Å². The molecule has 100 valence electrons. The van der Waals surface area contributed by atoms with Crippen LogP contribution in [0.5, 0.6) is 0 Å². The molecule has 1 rings (SSSR count). The average Bonchev–Trinajstić information content (AvgIpc) is 2.72. The van der Waals surface area contributed by atoms with Gasteiger partial charge in [-0.25, -0.2) is 0 Å². The SMILES string of the molecule is CN=C(C[N+](=O)[O-])NCCSCc1nscc1Cl. The molecule has 0 amide bonds. The summed E-state index contributed by atoms with van der Waals surface area (Å²) in [5.74, 6) is 1.95. The lowest BCUT2D eigenvalue weighted by Crippen LogP contribution is -2.31. The molecular weight excluding hydrogens is 296 g/mol. The molecule has 18 heavy (non-hydrogen) atoms. The van der Waals surface area contributed by atoms with E-state index in [4.69, 9.17) is 11.6 Å². The molecule has 9 heteroatoms. The second-order valence-corrected chi connectivity index (χ2v) is 5.39. The molecule has 6 nitrogen and oxygen atoms in total. The number of aromatic nitrogens is 1. The summed E-state index contributed by atoms with van der Waals surface area (Å²) < 4.78 is 4.16. The Hall–Kier alpha value is -0.860. The van der Waals surface area contributed by atoms with Gasteiger partial charge in [-0.05, 0) is 11.5 Å². The van der Waals surface area contributed by atoms with Crippen molar-refractivity contribution in [3.63, 3.8) is 0 Å². The fraction of sp³-hybridized carbons (Fsp3) is 0.556. The van der Waals surface area contributed by atoms with E-state index in [1.165, 1.54) is 18.6 Å². The number of amidine groups is 1. The number of hydrogen-bond acceptors (Lipinski definition) is 6. The fourth-order valence-electron chi connectivity index (χ4n) is 1.11. The van der Waals surface area contributed by atoms with Gasteiger partial charge >= 0.3 is 0 Å². The zero-order valence-electron chi connectivity index (χ0n) is 9.76. The molecule has 0 unspecified atom stereocenters. The minimum atomic E-state index is -0.405. The molecule has 0 aliphatic heterocycles. The highest BCUT2D eigenvalue weighted by Gasteiger charge is 2.06. The summed E-state index contributed by atoms with van der Waals surface area (Å²) >= 11 is 8.92. The fourth-order valence-corrected chi connectivity index (χ4v) is 2.92. The van der Waals surface area contributed by atoms with Gasteiger partial charge in [0, 0.05) is 35.4 Å². The first-order valence-corrected chi connectivity index (χ1v) is 7.48. The van der Waals surface area contributed by atoms with E-state index in [0.717, 1.165) is 17.2 Å². The number of thioether (sulfide) groups is 1.